The van der Waals surface area contributed by atoms with Crippen molar-refractivity contribution in [2.45, 2.75) is 20.1 Å². The summed E-state index contributed by atoms with van der Waals surface area (Å²) in [5.41, 5.74) is 2.41. The molecule has 32 heavy (non-hydrogen) atoms. The van der Waals surface area contributed by atoms with E-state index in [1.54, 1.807) is 13.0 Å². The van der Waals surface area contributed by atoms with E-state index in [0.717, 1.165) is 5.56 Å². The number of non-ortho nitro benzene ring substituents is 2. The number of carbonyl (C=O) groups is 1. The number of nitrogens with zero attached hydrogens (tertiary/aromatic N) is 3. The molecule has 3 aromatic carbocycles. The van der Waals surface area contributed by atoms with Crippen LogP contribution in [0, 0.1) is 20.2 Å². The van der Waals surface area contributed by atoms with Crippen molar-refractivity contribution in [2.75, 3.05) is 6.54 Å². The van der Waals surface area contributed by atoms with Crippen LogP contribution in [0.2, 0.25) is 0 Å². The predicted molar refractivity (Wildman–Crippen MR) is 118 cm³/mol. The first kappa shape index (κ1) is 22.4. The van der Waals surface area contributed by atoms with Gasteiger partial charge in [0.25, 0.3) is 11.4 Å². The molecule has 0 saturated heterocycles. The van der Waals surface area contributed by atoms with Gasteiger partial charge in [0.2, 0.25) is 0 Å². The highest BCUT2D eigenvalue weighted by molar-refractivity contribution is 5.73. The molecule has 0 fully saturated rings. The molecular formula is C23H21N3O6. The zero-order valence-electron chi connectivity index (χ0n) is 17.3. The topological polar surface area (TPSA) is 116 Å². The van der Waals surface area contributed by atoms with Gasteiger partial charge in [0.05, 0.1) is 9.85 Å². The van der Waals surface area contributed by atoms with Crippen LogP contribution in [0.15, 0.2) is 72.8 Å². The largest absolute Gasteiger partial charge is 0.445 e. The molecule has 0 bridgehead atoms. The van der Waals surface area contributed by atoms with E-state index >= 15 is 0 Å². The van der Waals surface area contributed by atoms with Crippen molar-refractivity contribution in [2.24, 2.45) is 0 Å². The summed E-state index contributed by atoms with van der Waals surface area (Å²) in [5.74, 6) is 0. The van der Waals surface area contributed by atoms with Crippen molar-refractivity contribution in [1.82, 2.24) is 4.90 Å². The zero-order valence-corrected chi connectivity index (χ0v) is 17.3. The molecular weight excluding hydrogens is 414 g/mol. The van der Waals surface area contributed by atoms with E-state index < -0.39 is 15.9 Å². The summed E-state index contributed by atoms with van der Waals surface area (Å²) >= 11 is 0. The Labute approximate surface area is 184 Å². The van der Waals surface area contributed by atoms with E-state index in [1.807, 2.05) is 30.3 Å². The maximum absolute atomic E-state index is 12.6. The van der Waals surface area contributed by atoms with Crippen LogP contribution in [-0.4, -0.2) is 27.4 Å². The van der Waals surface area contributed by atoms with E-state index in [-0.39, 0.29) is 24.5 Å². The fourth-order valence-corrected chi connectivity index (χ4v) is 3.17. The van der Waals surface area contributed by atoms with E-state index in [4.69, 9.17) is 4.74 Å². The Kier molecular flexibility index (Phi) is 7.12. The summed E-state index contributed by atoms with van der Waals surface area (Å²) < 4.78 is 5.41. The van der Waals surface area contributed by atoms with E-state index in [9.17, 15) is 25.0 Å². The zero-order chi connectivity index (χ0) is 23.1. The van der Waals surface area contributed by atoms with Gasteiger partial charge < -0.3 is 9.64 Å². The van der Waals surface area contributed by atoms with Crippen LogP contribution in [0.3, 0.4) is 0 Å². The van der Waals surface area contributed by atoms with E-state index in [1.165, 1.54) is 41.3 Å². The Morgan fingerprint density at radius 1 is 0.906 bits per heavy atom. The van der Waals surface area contributed by atoms with Crippen LogP contribution in [0.5, 0.6) is 0 Å². The average molecular weight is 435 g/mol. The number of ether oxygens (including phenoxy) is 1. The smallest absolute Gasteiger partial charge is 0.410 e. The lowest BCUT2D eigenvalue weighted by atomic mass is 9.98. The average Bonchev–Trinajstić information content (AvgIpc) is 2.81. The molecule has 0 saturated carbocycles. The molecule has 0 unspecified atom stereocenters. The summed E-state index contributed by atoms with van der Waals surface area (Å²) in [7, 11) is 0. The summed E-state index contributed by atoms with van der Waals surface area (Å²) in [5, 5.41) is 22.2. The Morgan fingerprint density at radius 3 is 2.12 bits per heavy atom. The number of hydrogen-bond donors (Lipinski definition) is 0. The van der Waals surface area contributed by atoms with Crippen LogP contribution in [-0.2, 0) is 17.9 Å². The lowest BCUT2D eigenvalue weighted by Gasteiger charge is -2.22. The molecule has 0 heterocycles. The lowest BCUT2D eigenvalue weighted by molar-refractivity contribution is -0.384. The second kappa shape index (κ2) is 10.2. The van der Waals surface area contributed by atoms with Crippen LogP contribution < -0.4 is 0 Å². The third-order valence-electron chi connectivity index (χ3n) is 4.90. The van der Waals surface area contributed by atoms with Gasteiger partial charge in [-0.2, -0.15) is 0 Å². The normalized spacial score (nSPS) is 10.4. The molecule has 164 valence electrons. The minimum absolute atomic E-state index is 0.0830. The highest BCUT2D eigenvalue weighted by atomic mass is 16.6. The molecule has 9 heteroatoms. The highest BCUT2D eigenvalue weighted by Crippen LogP contribution is 2.30. The fraction of sp³-hybridized carbons (Fsp3) is 0.174. The van der Waals surface area contributed by atoms with Gasteiger partial charge >= 0.3 is 6.09 Å². The third kappa shape index (κ3) is 5.45. The number of carbonyl (C=O) groups excluding carboxylic acids is 1. The molecule has 0 aliphatic heterocycles. The summed E-state index contributed by atoms with van der Waals surface area (Å²) in [4.78, 5) is 35.3. The third-order valence-corrected chi connectivity index (χ3v) is 4.90. The summed E-state index contributed by atoms with van der Waals surface area (Å²) in [6, 6.07) is 19.4. The molecule has 9 nitrogen and oxygen atoms in total. The number of nitro groups is 2. The van der Waals surface area contributed by atoms with E-state index in [2.05, 4.69) is 0 Å². The number of benzene rings is 3. The minimum atomic E-state index is -0.514. The predicted octanol–water partition coefficient (Wildman–Crippen LogP) is 5.33. The molecule has 0 N–H and O–H groups in total. The molecule has 3 rings (SSSR count). The molecule has 0 radical (unpaired) electrons. The Morgan fingerprint density at radius 2 is 1.53 bits per heavy atom. The van der Waals surface area contributed by atoms with Gasteiger partial charge in [-0.1, -0.05) is 30.3 Å². The highest BCUT2D eigenvalue weighted by Gasteiger charge is 2.19. The first-order chi connectivity index (χ1) is 15.4. The SMILES string of the molecule is CCN(Cc1ccc([N+](=O)[O-])cc1-c1ccc([N+](=O)[O-])cc1)C(=O)OCc1ccccc1. The monoisotopic (exact) mass is 435 g/mol. The van der Waals surface area contributed by atoms with Gasteiger partial charge in [-0.25, -0.2) is 4.79 Å². The van der Waals surface area contributed by atoms with Crippen molar-refractivity contribution in [3.8, 4) is 11.1 Å². The Bertz CT molecular complexity index is 1120. The molecule has 0 spiro atoms. The van der Waals surface area contributed by atoms with Crippen LogP contribution >= 0.6 is 0 Å². The molecule has 0 aromatic heterocycles. The first-order valence-corrected chi connectivity index (χ1v) is 9.86. The standard InChI is InChI=1S/C23H21N3O6/c1-2-24(23(27)32-16-17-6-4-3-5-7-17)15-19-10-13-21(26(30)31)14-22(19)18-8-11-20(12-9-18)25(28)29/h3-14H,2,15-16H2,1H3. The van der Waals surface area contributed by atoms with Gasteiger partial charge in [0.1, 0.15) is 6.61 Å². The number of amides is 1. The number of rotatable bonds is 8. The first-order valence-electron chi connectivity index (χ1n) is 9.86. The molecule has 3 aromatic rings. The Balaban J connectivity index is 1.85. The summed E-state index contributed by atoms with van der Waals surface area (Å²) in [6.45, 7) is 2.46. The van der Waals surface area contributed by atoms with Crippen molar-refractivity contribution in [3.63, 3.8) is 0 Å². The Hall–Kier alpha value is -4.27. The molecule has 1 amide bonds. The minimum Gasteiger partial charge on any atom is -0.445 e. The van der Waals surface area contributed by atoms with E-state index in [0.29, 0.717) is 23.2 Å². The van der Waals surface area contributed by atoms with Crippen molar-refractivity contribution in [3.05, 3.63) is 104 Å². The van der Waals surface area contributed by atoms with Gasteiger partial charge in [0, 0.05) is 37.4 Å². The van der Waals surface area contributed by atoms with Crippen LogP contribution in [0.1, 0.15) is 18.1 Å². The van der Waals surface area contributed by atoms with Gasteiger partial charge in [0.15, 0.2) is 0 Å². The maximum Gasteiger partial charge on any atom is 0.410 e. The van der Waals surface area contributed by atoms with Gasteiger partial charge in [-0.3, -0.25) is 20.2 Å². The van der Waals surface area contributed by atoms with Gasteiger partial charge in [-0.05, 0) is 47.4 Å². The number of nitro benzene ring substituents is 2. The lowest BCUT2D eigenvalue weighted by Crippen LogP contribution is -2.31. The van der Waals surface area contributed by atoms with Crippen molar-refractivity contribution >= 4 is 17.5 Å². The maximum atomic E-state index is 12.6. The second-order valence-electron chi connectivity index (χ2n) is 6.96. The quantitative estimate of drug-likeness (QED) is 0.349. The molecule has 0 aliphatic rings. The second-order valence-corrected chi connectivity index (χ2v) is 6.96. The molecule has 0 aliphatic carbocycles. The number of hydrogen-bond acceptors (Lipinski definition) is 6. The fourth-order valence-electron chi connectivity index (χ4n) is 3.17. The van der Waals surface area contributed by atoms with Crippen LogP contribution in [0.25, 0.3) is 11.1 Å². The van der Waals surface area contributed by atoms with Crippen molar-refractivity contribution < 1.29 is 19.4 Å². The summed E-state index contributed by atoms with van der Waals surface area (Å²) in [6.07, 6.45) is -0.510. The molecule has 0 atom stereocenters. The van der Waals surface area contributed by atoms with Gasteiger partial charge in [-0.15, -0.1) is 0 Å². The van der Waals surface area contributed by atoms with Crippen molar-refractivity contribution in [1.29, 1.82) is 0 Å². The van der Waals surface area contributed by atoms with Crippen LogP contribution in [0.4, 0.5) is 16.2 Å².